The van der Waals surface area contributed by atoms with Crippen LogP contribution in [0.1, 0.15) is 12.0 Å². The molecule has 0 heterocycles. The molecule has 1 rings (SSSR count). The highest BCUT2D eigenvalue weighted by atomic mass is 16.5. The van der Waals surface area contributed by atoms with Crippen LogP contribution in [-0.2, 0) is 16.0 Å². The molecule has 0 bridgehead atoms. The number of esters is 1. The van der Waals surface area contributed by atoms with E-state index in [0.29, 0.717) is 23.5 Å². The summed E-state index contributed by atoms with van der Waals surface area (Å²) in [5.74, 6) is 0.369. The number of ether oxygens (including phenoxy) is 2. The molecule has 88 valence electrons. The van der Waals surface area contributed by atoms with E-state index < -0.39 is 0 Å². The largest absolute Gasteiger partial charge is 0.496 e. The van der Waals surface area contributed by atoms with Gasteiger partial charge in [0.05, 0.1) is 25.6 Å². The minimum absolute atomic E-state index is 0.266. The van der Waals surface area contributed by atoms with Gasteiger partial charge in [0.2, 0.25) is 0 Å². The van der Waals surface area contributed by atoms with Gasteiger partial charge in [0, 0.05) is 12.5 Å². The van der Waals surface area contributed by atoms with E-state index in [-0.39, 0.29) is 12.4 Å². The Hall–Kier alpha value is -1.91. The van der Waals surface area contributed by atoms with Crippen LogP contribution < -0.4 is 16.2 Å². The first-order valence-electron chi connectivity index (χ1n) is 4.87. The highest BCUT2D eigenvalue weighted by molar-refractivity contribution is 5.71. The van der Waals surface area contributed by atoms with Crippen molar-refractivity contribution in [1.29, 1.82) is 0 Å². The van der Waals surface area contributed by atoms with Crippen LogP contribution in [0.15, 0.2) is 12.1 Å². The van der Waals surface area contributed by atoms with Crippen molar-refractivity contribution in [1.82, 2.24) is 0 Å². The lowest BCUT2D eigenvalue weighted by atomic mass is 10.1. The summed E-state index contributed by atoms with van der Waals surface area (Å²) in [4.78, 5) is 11.0. The van der Waals surface area contributed by atoms with Crippen molar-refractivity contribution in [2.24, 2.45) is 0 Å². The average molecular weight is 224 g/mol. The first-order chi connectivity index (χ1) is 7.58. The second-order valence-electron chi connectivity index (χ2n) is 3.37. The Balaban J connectivity index is 2.86. The second kappa shape index (κ2) is 5.25. The van der Waals surface area contributed by atoms with Crippen molar-refractivity contribution in [3.63, 3.8) is 0 Å². The van der Waals surface area contributed by atoms with E-state index in [1.54, 1.807) is 19.2 Å². The van der Waals surface area contributed by atoms with Gasteiger partial charge in [-0.1, -0.05) is 0 Å². The molecular weight excluding hydrogens is 208 g/mol. The average Bonchev–Trinajstić information content (AvgIpc) is 2.29. The van der Waals surface area contributed by atoms with E-state index in [0.717, 1.165) is 5.56 Å². The van der Waals surface area contributed by atoms with Gasteiger partial charge in [0.1, 0.15) is 5.75 Å². The zero-order chi connectivity index (χ0) is 12.1. The monoisotopic (exact) mass is 224 g/mol. The molecule has 0 saturated heterocycles. The molecule has 0 aromatic heterocycles. The van der Waals surface area contributed by atoms with Crippen LogP contribution in [0.4, 0.5) is 11.4 Å². The molecular formula is C11H16N2O3. The van der Waals surface area contributed by atoms with Gasteiger partial charge >= 0.3 is 5.97 Å². The minimum Gasteiger partial charge on any atom is -0.496 e. The van der Waals surface area contributed by atoms with Crippen molar-refractivity contribution >= 4 is 17.3 Å². The van der Waals surface area contributed by atoms with Crippen LogP contribution in [0, 0.1) is 0 Å². The Bertz CT molecular complexity index is 391. The number of anilines is 2. The lowest BCUT2D eigenvalue weighted by Gasteiger charge is -2.10. The molecule has 5 nitrogen and oxygen atoms in total. The van der Waals surface area contributed by atoms with Gasteiger partial charge in [0.15, 0.2) is 0 Å². The topological polar surface area (TPSA) is 87.6 Å². The first kappa shape index (κ1) is 12.2. The van der Waals surface area contributed by atoms with Gasteiger partial charge in [0.25, 0.3) is 0 Å². The number of benzene rings is 1. The van der Waals surface area contributed by atoms with E-state index in [4.69, 9.17) is 16.2 Å². The molecule has 0 amide bonds. The molecule has 4 N–H and O–H groups in total. The zero-order valence-electron chi connectivity index (χ0n) is 9.45. The predicted octanol–water partition coefficient (Wildman–Crippen LogP) is 0.965. The van der Waals surface area contributed by atoms with Crippen molar-refractivity contribution in [3.8, 4) is 5.75 Å². The van der Waals surface area contributed by atoms with Crippen molar-refractivity contribution < 1.29 is 14.3 Å². The fourth-order valence-electron chi connectivity index (χ4n) is 1.38. The van der Waals surface area contributed by atoms with E-state index in [9.17, 15) is 4.79 Å². The summed E-state index contributed by atoms with van der Waals surface area (Å²) in [6.07, 6.45) is 0.802. The third-order valence-corrected chi connectivity index (χ3v) is 2.31. The maximum Gasteiger partial charge on any atom is 0.305 e. The molecule has 0 atom stereocenters. The van der Waals surface area contributed by atoms with Crippen molar-refractivity contribution in [3.05, 3.63) is 17.7 Å². The summed E-state index contributed by atoms with van der Waals surface area (Å²) in [6, 6.07) is 3.37. The maximum atomic E-state index is 11.0. The fourth-order valence-corrected chi connectivity index (χ4v) is 1.38. The lowest BCUT2D eigenvalue weighted by Crippen LogP contribution is -2.04. The number of nitrogen functional groups attached to an aromatic ring is 2. The summed E-state index contributed by atoms with van der Waals surface area (Å²) < 4.78 is 9.72. The number of rotatable bonds is 4. The lowest BCUT2D eigenvalue weighted by molar-refractivity contribution is -0.140. The summed E-state index contributed by atoms with van der Waals surface area (Å²) in [6.45, 7) is 0. The number of aryl methyl sites for hydroxylation is 1. The maximum absolute atomic E-state index is 11.0. The van der Waals surface area contributed by atoms with Gasteiger partial charge in [-0.25, -0.2) is 0 Å². The smallest absolute Gasteiger partial charge is 0.305 e. The Kier molecular flexibility index (Phi) is 3.99. The zero-order valence-corrected chi connectivity index (χ0v) is 9.45. The molecule has 0 aliphatic carbocycles. The van der Waals surface area contributed by atoms with E-state index >= 15 is 0 Å². The summed E-state index contributed by atoms with van der Waals surface area (Å²) in [7, 11) is 2.91. The number of nitrogens with two attached hydrogens (primary N) is 2. The molecule has 0 aliphatic rings. The Labute approximate surface area is 94.3 Å². The summed E-state index contributed by atoms with van der Waals surface area (Å²) in [5, 5.41) is 0. The molecule has 0 radical (unpaired) electrons. The highest BCUT2D eigenvalue weighted by Crippen LogP contribution is 2.27. The van der Waals surface area contributed by atoms with Gasteiger partial charge in [-0.05, 0) is 18.1 Å². The van der Waals surface area contributed by atoms with Gasteiger partial charge in [-0.15, -0.1) is 0 Å². The van der Waals surface area contributed by atoms with E-state index in [2.05, 4.69) is 4.74 Å². The molecule has 0 spiro atoms. The molecule has 1 aromatic carbocycles. The number of methoxy groups -OCH3 is 2. The summed E-state index contributed by atoms with van der Waals surface area (Å²) >= 11 is 0. The predicted molar refractivity (Wildman–Crippen MR) is 62.2 cm³/mol. The van der Waals surface area contributed by atoms with Gasteiger partial charge in [-0.2, -0.15) is 0 Å². The SMILES string of the molecule is COC(=O)CCc1cc(N)c(N)cc1OC. The van der Waals surface area contributed by atoms with E-state index in [1.165, 1.54) is 7.11 Å². The van der Waals surface area contributed by atoms with Crippen LogP contribution in [0.3, 0.4) is 0 Å². The highest BCUT2D eigenvalue weighted by Gasteiger charge is 2.09. The Morgan fingerprint density at radius 3 is 2.44 bits per heavy atom. The van der Waals surface area contributed by atoms with E-state index in [1.807, 2.05) is 0 Å². The first-order valence-corrected chi connectivity index (χ1v) is 4.87. The van der Waals surface area contributed by atoms with Crippen LogP contribution in [0.2, 0.25) is 0 Å². The van der Waals surface area contributed by atoms with Crippen LogP contribution in [0.5, 0.6) is 5.75 Å². The fraction of sp³-hybridized carbons (Fsp3) is 0.364. The normalized spacial score (nSPS) is 9.88. The Morgan fingerprint density at radius 1 is 1.25 bits per heavy atom. The number of carbonyl (C=O) groups excluding carboxylic acids is 1. The molecule has 5 heteroatoms. The third-order valence-electron chi connectivity index (χ3n) is 2.31. The number of hydrogen-bond acceptors (Lipinski definition) is 5. The standard InChI is InChI=1S/C11H16N2O3/c1-15-10-6-9(13)8(12)5-7(10)3-4-11(14)16-2/h5-6H,3-4,12-13H2,1-2H3. The molecule has 0 saturated carbocycles. The van der Waals surface area contributed by atoms with Crippen molar-refractivity contribution in [2.45, 2.75) is 12.8 Å². The van der Waals surface area contributed by atoms with Crippen LogP contribution in [-0.4, -0.2) is 20.2 Å². The molecule has 0 aliphatic heterocycles. The molecule has 0 unspecified atom stereocenters. The van der Waals surface area contributed by atoms with Crippen LogP contribution >= 0.6 is 0 Å². The van der Waals surface area contributed by atoms with Crippen LogP contribution in [0.25, 0.3) is 0 Å². The number of hydrogen-bond donors (Lipinski definition) is 2. The second-order valence-corrected chi connectivity index (χ2v) is 3.37. The van der Waals surface area contributed by atoms with Crippen molar-refractivity contribution in [2.75, 3.05) is 25.7 Å². The molecule has 1 aromatic rings. The third kappa shape index (κ3) is 2.79. The van der Waals surface area contributed by atoms with Gasteiger partial charge in [-0.3, -0.25) is 4.79 Å². The molecule has 16 heavy (non-hydrogen) atoms. The van der Waals surface area contributed by atoms with Gasteiger partial charge < -0.3 is 20.9 Å². The quantitative estimate of drug-likeness (QED) is 0.587. The molecule has 0 fully saturated rings. The number of carbonyl (C=O) groups is 1. The summed E-state index contributed by atoms with van der Waals surface area (Å²) in [5.41, 5.74) is 13.1. The minimum atomic E-state index is -0.266. The Morgan fingerprint density at radius 2 is 1.88 bits per heavy atom.